The number of hydrogen-bond acceptors (Lipinski definition) is 2. The maximum absolute atomic E-state index is 6.10. The molecule has 0 saturated carbocycles. The van der Waals surface area contributed by atoms with Crippen LogP contribution in [0.25, 0.3) is 0 Å². The van der Waals surface area contributed by atoms with Crippen molar-refractivity contribution in [1.82, 2.24) is 0 Å². The fourth-order valence-corrected chi connectivity index (χ4v) is 2.81. The molecule has 0 spiro atoms. The van der Waals surface area contributed by atoms with Crippen molar-refractivity contribution in [3.8, 4) is 5.75 Å². The molecular formula is C16H17BrClNO. The molecule has 0 unspecified atom stereocenters. The Labute approximate surface area is 133 Å². The summed E-state index contributed by atoms with van der Waals surface area (Å²) in [6, 6.07) is 12.2. The third kappa shape index (κ3) is 3.90. The van der Waals surface area contributed by atoms with Gasteiger partial charge in [-0.05, 0) is 47.5 Å². The SMILES string of the molecule is CCOc1c(Br)cc(Cl)cc1NCc1ccc(C)cc1. The zero-order valence-corrected chi connectivity index (χ0v) is 13.9. The highest BCUT2D eigenvalue weighted by Gasteiger charge is 2.09. The number of anilines is 1. The van der Waals surface area contributed by atoms with Gasteiger partial charge < -0.3 is 10.1 Å². The standard InChI is InChI=1S/C16H17BrClNO/c1-3-20-16-14(17)8-13(18)9-15(16)19-10-12-6-4-11(2)5-7-12/h4-9,19H,3,10H2,1-2H3. The van der Waals surface area contributed by atoms with Gasteiger partial charge >= 0.3 is 0 Å². The predicted molar refractivity (Wildman–Crippen MR) is 88.8 cm³/mol. The first-order valence-electron chi connectivity index (χ1n) is 6.51. The molecule has 0 saturated heterocycles. The number of nitrogens with one attached hydrogen (secondary N) is 1. The topological polar surface area (TPSA) is 21.3 Å². The highest BCUT2D eigenvalue weighted by Crippen LogP contribution is 2.36. The first-order valence-corrected chi connectivity index (χ1v) is 7.68. The zero-order valence-electron chi connectivity index (χ0n) is 11.5. The van der Waals surface area contributed by atoms with E-state index in [9.17, 15) is 0 Å². The second kappa shape index (κ2) is 7.00. The first kappa shape index (κ1) is 15.2. The molecule has 0 aliphatic rings. The van der Waals surface area contributed by atoms with E-state index in [0.29, 0.717) is 11.6 Å². The highest BCUT2D eigenvalue weighted by molar-refractivity contribution is 9.10. The van der Waals surface area contributed by atoms with Crippen LogP contribution in [-0.4, -0.2) is 6.61 Å². The molecule has 20 heavy (non-hydrogen) atoms. The minimum absolute atomic E-state index is 0.611. The van der Waals surface area contributed by atoms with Crippen molar-refractivity contribution in [3.63, 3.8) is 0 Å². The van der Waals surface area contributed by atoms with E-state index in [1.165, 1.54) is 11.1 Å². The third-order valence-electron chi connectivity index (χ3n) is 2.90. The molecule has 2 aromatic rings. The first-order chi connectivity index (χ1) is 9.60. The average Bonchev–Trinajstić information content (AvgIpc) is 2.41. The van der Waals surface area contributed by atoms with Gasteiger partial charge in [0, 0.05) is 11.6 Å². The Bertz CT molecular complexity index is 584. The van der Waals surface area contributed by atoms with E-state index in [2.05, 4.69) is 52.4 Å². The Morgan fingerprint density at radius 3 is 2.55 bits per heavy atom. The van der Waals surface area contributed by atoms with Crippen LogP contribution in [0.2, 0.25) is 5.02 Å². The van der Waals surface area contributed by atoms with Gasteiger partial charge in [-0.25, -0.2) is 0 Å². The van der Waals surface area contributed by atoms with Crippen LogP contribution in [0.3, 0.4) is 0 Å². The molecule has 106 valence electrons. The average molecular weight is 355 g/mol. The van der Waals surface area contributed by atoms with Crippen molar-refractivity contribution >= 4 is 33.2 Å². The maximum Gasteiger partial charge on any atom is 0.156 e. The lowest BCUT2D eigenvalue weighted by Crippen LogP contribution is -2.03. The van der Waals surface area contributed by atoms with Gasteiger partial charge in [0.15, 0.2) is 5.75 Å². The van der Waals surface area contributed by atoms with Gasteiger partial charge in [-0.3, -0.25) is 0 Å². The van der Waals surface area contributed by atoms with Gasteiger partial charge in [-0.15, -0.1) is 0 Å². The van der Waals surface area contributed by atoms with E-state index in [1.807, 2.05) is 19.1 Å². The summed E-state index contributed by atoms with van der Waals surface area (Å²) in [5, 5.41) is 4.05. The molecule has 0 aromatic heterocycles. The molecule has 2 nitrogen and oxygen atoms in total. The second-order valence-corrected chi connectivity index (χ2v) is 5.83. The lowest BCUT2D eigenvalue weighted by Gasteiger charge is -2.14. The molecule has 0 aliphatic heterocycles. The van der Waals surface area contributed by atoms with Crippen LogP contribution < -0.4 is 10.1 Å². The minimum Gasteiger partial charge on any atom is -0.491 e. The van der Waals surface area contributed by atoms with Crippen LogP contribution in [0.5, 0.6) is 5.75 Å². The van der Waals surface area contributed by atoms with Crippen LogP contribution in [0.4, 0.5) is 5.69 Å². The van der Waals surface area contributed by atoms with Crippen LogP contribution in [-0.2, 0) is 6.54 Å². The summed E-state index contributed by atoms with van der Waals surface area (Å²) in [6.45, 7) is 5.38. The van der Waals surface area contributed by atoms with Crippen molar-refractivity contribution in [2.75, 3.05) is 11.9 Å². The predicted octanol–water partition coefficient (Wildman–Crippen LogP) is 5.42. The van der Waals surface area contributed by atoms with Crippen molar-refractivity contribution in [3.05, 3.63) is 57.0 Å². The maximum atomic E-state index is 6.10. The molecule has 0 amide bonds. The van der Waals surface area contributed by atoms with Gasteiger partial charge in [-0.2, -0.15) is 0 Å². The molecular weight excluding hydrogens is 338 g/mol. The molecule has 0 radical (unpaired) electrons. The Hall–Kier alpha value is -1.19. The number of ether oxygens (including phenoxy) is 1. The van der Waals surface area contributed by atoms with E-state index in [0.717, 1.165) is 22.5 Å². The number of hydrogen-bond donors (Lipinski definition) is 1. The lowest BCUT2D eigenvalue weighted by atomic mass is 10.1. The van der Waals surface area contributed by atoms with E-state index in [1.54, 1.807) is 0 Å². The summed E-state index contributed by atoms with van der Waals surface area (Å²) in [5.74, 6) is 0.795. The van der Waals surface area contributed by atoms with Crippen LogP contribution in [0.1, 0.15) is 18.1 Å². The minimum atomic E-state index is 0.611. The normalized spacial score (nSPS) is 10.4. The van der Waals surface area contributed by atoms with Gasteiger partial charge in [-0.1, -0.05) is 41.4 Å². The fourth-order valence-electron chi connectivity index (χ4n) is 1.89. The summed E-state index contributed by atoms with van der Waals surface area (Å²) < 4.78 is 6.52. The summed E-state index contributed by atoms with van der Waals surface area (Å²) in [4.78, 5) is 0. The van der Waals surface area contributed by atoms with E-state index >= 15 is 0 Å². The Balaban J connectivity index is 2.17. The number of benzene rings is 2. The summed E-state index contributed by atoms with van der Waals surface area (Å²) in [6.07, 6.45) is 0. The third-order valence-corrected chi connectivity index (χ3v) is 3.71. The van der Waals surface area contributed by atoms with E-state index < -0.39 is 0 Å². The summed E-state index contributed by atoms with van der Waals surface area (Å²) in [7, 11) is 0. The van der Waals surface area contributed by atoms with Crippen molar-refractivity contribution in [2.24, 2.45) is 0 Å². The van der Waals surface area contributed by atoms with Crippen molar-refractivity contribution in [1.29, 1.82) is 0 Å². The Morgan fingerprint density at radius 2 is 1.90 bits per heavy atom. The summed E-state index contributed by atoms with van der Waals surface area (Å²) >= 11 is 9.58. The van der Waals surface area contributed by atoms with E-state index in [4.69, 9.17) is 16.3 Å². The highest BCUT2D eigenvalue weighted by atomic mass is 79.9. The van der Waals surface area contributed by atoms with Gasteiger partial charge in [0.05, 0.1) is 16.8 Å². The number of halogens is 2. The fraction of sp³-hybridized carbons (Fsp3) is 0.250. The van der Waals surface area contributed by atoms with Crippen LogP contribution >= 0.6 is 27.5 Å². The van der Waals surface area contributed by atoms with Gasteiger partial charge in [0.25, 0.3) is 0 Å². The van der Waals surface area contributed by atoms with Gasteiger partial charge in [0.2, 0.25) is 0 Å². The number of aryl methyl sites for hydroxylation is 1. The molecule has 0 atom stereocenters. The van der Waals surface area contributed by atoms with Crippen LogP contribution in [0.15, 0.2) is 40.9 Å². The number of rotatable bonds is 5. The molecule has 4 heteroatoms. The molecule has 2 rings (SSSR count). The molecule has 0 bridgehead atoms. The molecule has 0 heterocycles. The Morgan fingerprint density at radius 1 is 1.20 bits per heavy atom. The summed E-state index contributed by atoms with van der Waals surface area (Å²) in [5.41, 5.74) is 3.37. The zero-order chi connectivity index (χ0) is 14.5. The monoisotopic (exact) mass is 353 g/mol. The largest absolute Gasteiger partial charge is 0.491 e. The van der Waals surface area contributed by atoms with Gasteiger partial charge in [0.1, 0.15) is 0 Å². The van der Waals surface area contributed by atoms with Crippen LogP contribution in [0, 0.1) is 6.92 Å². The molecule has 0 aliphatic carbocycles. The van der Waals surface area contributed by atoms with Crippen molar-refractivity contribution in [2.45, 2.75) is 20.4 Å². The molecule has 2 aromatic carbocycles. The van der Waals surface area contributed by atoms with Crippen molar-refractivity contribution < 1.29 is 4.74 Å². The smallest absolute Gasteiger partial charge is 0.156 e. The molecule has 1 N–H and O–H groups in total. The lowest BCUT2D eigenvalue weighted by molar-refractivity contribution is 0.339. The Kier molecular flexibility index (Phi) is 5.32. The van der Waals surface area contributed by atoms with E-state index in [-0.39, 0.29) is 0 Å². The molecule has 0 fully saturated rings. The quantitative estimate of drug-likeness (QED) is 0.774. The second-order valence-electron chi connectivity index (χ2n) is 4.54.